The van der Waals surface area contributed by atoms with Crippen LogP contribution < -0.4 is 10.2 Å². The molecule has 0 radical (unpaired) electrons. The molecule has 3 aromatic rings. The summed E-state index contributed by atoms with van der Waals surface area (Å²) < 4.78 is 34.5. The Morgan fingerprint density at radius 1 is 0.800 bits per heavy atom. The van der Waals surface area contributed by atoms with E-state index in [1.807, 2.05) is 0 Å². The van der Waals surface area contributed by atoms with Gasteiger partial charge < -0.3 is 84.3 Å². The number of hydrogen-bond donors (Lipinski definition) is 11. The van der Waals surface area contributed by atoms with Crippen molar-refractivity contribution < 1.29 is 84.3 Å². The third-order valence-corrected chi connectivity index (χ3v) is 9.09. The van der Waals surface area contributed by atoms with Gasteiger partial charge in [-0.05, 0) is 31.2 Å². The quantitative estimate of drug-likeness (QED) is 0.117. The Bertz CT molecular complexity index is 1710. The molecule has 274 valence electrons. The summed E-state index contributed by atoms with van der Waals surface area (Å²) >= 11 is 0. The maximum atomic E-state index is 13.6. The zero-order valence-corrected chi connectivity index (χ0v) is 26.2. The molecule has 18 heteroatoms. The second kappa shape index (κ2) is 14.3. The zero-order valence-electron chi connectivity index (χ0n) is 26.2. The Kier molecular flexibility index (Phi) is 10.4. The molecule has 18 nitrogen and oxygen atoms in total. The predicted octanol–water partition coefficient (Wildman–Crippen LogP) is -2.94. The molecule has 11 N–H and O–H groups in total. The first kappa shape index (κ1) is 36.3. The maximum absolute atomic E-state index is 13.6. The lowest BCUT2D eigenvalue weighted by Crippen LogP contribution is -2.62. The van der Waals surface area contributed by atoms with Gasteiger partial charge in [-0.2, -0.15) is 0 Å². The van der Waals surface area contributed by atoms with Gasteiger partial charge in [-0.3, -0.25) is 4.79 Å². The fourth-order valence-electron chi connectivity index (χ4n) is 6.20. The van der Waals surface area contributed by atoms with Crippen molar-refractivity contribution in [1.29, 1.82) is 0 Å². The zero-order chi connectivity index (χ0) is 36.2. The number of hydrogen-bond acceptors (Lipinski definition) is 18. The number of fused-ring (bicyclic) bond motifs is 1. The first-order valence-electron chi connectivity index (χ1n) is 15.6. The van der Waals surface area contributed by atoms with Gasteiger partial charge in [-0.1, -0.05) is 0 Å². The summed E-state index contributed by atoms with van der Waals surface area (Å²) in [6, 6.07) is 7.77. The largest absolute Gasteiger partial charge is 0.508 e. The number of aromatic hydroxyl groups is 2. The van der Waals surface area contributed by atoms with Gasteiger partial charge in [-0.15, -0.1) is 0 Å². The fraction of sp³-hybridized carbons (Fsp3) is 0.531. The monoisotopic (exact) mass is 710 g/mol. The van der Waals surface area contributed by atoms with Crippen LogP contribution in [-0.4, -0.2) is 149 Å². The molecule has 6 rings (SSSR count). The summed E-state index contributed by atoms with van der Waals surface area (Å²) in [5, 5.41) is 115. The number of aliphatic hydroxyl groups is 9. The summed E-state index contributed by atoms with van der Waals surface area (Å²) in [5.41, 5.74) is -1.20. The molecule has 0 bridgehead atoms. The second-order valence-corrected chi connectivity index (χ2v) is 12.4. The Labute approximate surface area is 282 Å². The van der Waals surface area contributed by atoms with E-state index in [-0.39, 0.29) is 17.1 Å². The Morgan fingerprint density at radius 2 is 1.48 bits per heavy atom. The van der Waals surface area contributed by atoms with Gasteiger partial charge in [0, 0.05) is 17.7 Å². The lowest BCUT2D eigenvalue weighted by Gasteiger charge is -2.46. The standard InChI is InChI=1S/C32H38O18/c1-10-21(37)25(41)28(44)32(46-10)50-30-26(42)23(39)18(8-33)48-29(30)20-17(49-31-27(43)22(38)14(36)9-45-31)7-16-19(24(20)40)13(35)6-15(47-16)11-2-4-12(34)5-3-11/h2-7,10,14,18,21-23,25-34,36-44H,8-9H2,1H3. The lowest BCUT2D eigenvalue weighted by atomic mass is 9.89. The van der Waals surface area contributed by atoms with E-state index in [4.69, 9.17) is 28.1 Å². The van der Waals surface area contributed by atoms with Crippen LogP contribution in [0.3, 0.4) is 0 Å². The van der Waals surface area contributed by atoms with Crippen LogP contribution in [0.5, 0.6) is 17.2 Å². The second-order valence-electron chi connectivity index (χ2n) is 12.4. The van der Waals surface area contributed by atoms with Crippen LogP contribution in [0.4, 0.5) is 0 Å². The molecule has 1 aromatic heterocycles. The van der Waals surface area contributed by atoms with Gasteiger partial charge in [0.2, 0.25) is 6.29 Å². The number of aliphatic hydroxyl groups excluding tert-OH is 9. The van der Waals surface area contributed by atoms with E-state index >= 15 is 0 Å². The number of phenolic OH excluding ortho intramolecular Hbond substituents is 2. The van der Waals surface area contributed by atoms with Crippen LogP contribution in [0, 0.1) is 0 Å². The van der Waals surface area contributed by atoms with Crippen LogP contribution in [0.15, 0.2) is 45.6 Å². The van der Waals surface area contributed by atoms with E-state index in [1.54, 1.807) is 0 Å². The highest BCUT2D eigenvalue weighted by atomic mass is 16.7. The molecule has 14 atom stereocenters. The molecule has 0 amide bonds. The van der Waals surface area contributed by atoms with Crippen molar-refractivity contribution >= 4 is 11.0 Å². The summed E-state index contributed by atoms with van der Waals surface area (Å²) in [5.74, 6) is -1.39. The summed E-state index contributed by atoms with van der Waals surface area (Å²) in [4.78, 5) is 13.6. The molecule has 0 saturated carbocycles. The van der Waals surface area contributed by atoms with Crippen molar-refractivity contribution in [2.75, 3.05) is 13.2 Å². The molecule has 4 heterocycles. The van der Waals surface area contributed by atoms with E-state index in [9.17, 15) is 61.0 Å². The molecule has 3 saturated heterocycles. The van der Waals surface area contributed by atoms with Crippen molar-refractivity contribution in [2.45, 2.75) is 92.8 Å². The Morgan fingerprint density at radius 3 is 2.16 bits per heavy atom. The van der Waals surface area contributed by atoms with Crippen molar-refractivity contribution in [3.05, 3.63) is 52.2 Å². The summed E-state index contributed by atoms with van der Waals surface area (Å²) in [6.45, 7) is -0.000866. The van der Waals surface area contributed by atoms with Crippen LogP contribution in [0.1, 0.15) is 18.6 Å². The average Bonchev–Trinajstić information content (AvgIpc) is 3.09. The van der Waals surface area contributed by atoms with E-state index in [2.05, 4.69) is 0 Å². The molecule has 50 heavy (non-hydrogen) atoms. The van der Waals surface area contributed by atoms with Gasteiger partial charge >= 0.3 is 0 Å². The molecule has 3 aliphatic rings. The highest BCUT2D eigenvalue weighted by Gasteiger charge is 2.52. The van der Waals surface area contributed by atoms with Gasteiger partial charge in [0.1, 0.15) is 101 Å². The summed E-state index contributed by atoms with van der Waals surface area (Å²) in [6.07, 6.45) is -23.8. The van der Waals surface area contributed by atoms with Crippen LogP contribution in [0.2, 0.25) is 0 Å². The van der Waals surface area contributed by atoms with Gasteiger partial charge in [0.15, 0.2) is 11.7 Å². The number of benzene rings is 2. The number of ether oxygens (including phenoxy) is 5. The highest BCUT2D eigenvalue weighted by Crippen LogP contribution is 2.47. The van der Waals surface area contributed by atoms with Crippen LogP contribution in [0.25, 0.3) is 22.3 Å². The van der Waals surface area contributed by atoms with Crippen molar-refractivity contribution in [1.82, 2.24) is 0 Å². The normalized spacial score (nSPS) is 37.9. The SMILES string of the molecule is CC1OC(OC2C(c3c(OC4OCC(O)C(O)C4O)cc4oc(-c5ccc(O)cc5)cc(=O)c4c3O)OC(CO)C(O)C2O)C(O)C(O)C1O. The van der Waals surface area contributed by atoms with Gasteiger partial charge in [0.25, 0.3) is 0 Å². The van der Waals surface area contributed by atoms with Crippen molar-refractivity contribution in [3.63, 3.8) is 0 Å². The molecule has 0 spiro atoms. The van der Waals surface area contributed by atoms with Gasteiger partial charge in [-0.25, -0.2) is 0 Å². The molecule has 14 unspecified atom stereocenters. The lowest BCUT2D eigenvalue weighted by molar-refractivity contribution is -0.338. The van der Waals surface area contributed by atoms with Gasteiger partial charge in [0.05, 0.1) is 24.9 Å². The molecular weight excluding hydrogens is 672 g/mol. The molecule has 3 fully saturated rings. The molecular formula is C32H38O18. The predicted molar refractivity (Wildman–Crippen MR) is 164 cm³/mol. The van der Waals surface area contributed by atoms with Crippen molar-refractivity contribution in [2.24, 2.45) is 0 Å². The maximum Gasteiger partial charge on any atom is 0.228 e. The van der Waals surface area contributed by atoms with E-state index in [0.717, 1.165) is 12.1 Å². The first-order valence-corrected chi connectivity index (χ1v) is 15.6. The Balaban J connectivity index is 1.51. The highest BCUT2D eigenvalue weighted by molar-refractivity contribution is 5.88. The fourth-order valence-corrected chi connectivity index (χ4v) is 6.20. The number of rotatable bonds is 7. The Hall–Kier alpha value is -3.47. The van der Waals surface area contributed by atoms with E-state index in [0.29, 0.717) is 5.56 Å². The van der Waals surface area contributed by atoms with Crippen LogP contribution >= 0.6 is 0 Å². The smallest absolute Gasteiger partial charge is 0.228 e. The number of phenols is 2. The van der Waals surface area contributed by atoms with E-state index < -0.39 is 127 Å². The molecule has 0 aliphatic carbocycles. The minimum atomic E-state index is -1.97. The van der Waals surface area contributed by atoms with Crippen molar-refractivity contribution in [3.8, 4) is 28.6 Å². The first-order chi connectivity index (χ1) is 23.7. The van der Waals surface area contributed by atoms with E-state index in [1.165, 1.54) is 31.2 Å². The topological polar surface area (TPSA) is 299 Å². The summed E-state index contributed by atoms with van der Waals surface area (Å²) in [7, 11) is 0. The minimum Gasteiger partial charge on any atom is -0.508 e. The van der Waals surface area contributed by atoms with Crippen LogP contribution in [-0.2, 0) is 18.9 Å². The minimum absolute atomic E-state index is 0.000380. The molecule has 2 aromatic carbocycles. The molecule has 3 aliphatic heterocycles. The third-order valence-electron chi connectivity index (χ3n) is 9.09. The average molecular weight is 711 g/mol. The third kappa shape index (κ3) is 6.55.